The molecule has 3 rings (SSSR count). The fourth-order valence-electron chi connectivity index (χ4n) is 2.21. The van der Waals surface area contributed by atoms with Crippen molar-refractivity contribution in [2.45, 2.75) is 19.3 Å². The molecule has 0 saturated heterocycles. The van der Waals surface area contributed by atoms with Gasteiger partial charge in [-0.25, -0.2) is 0 Å². The predicted octanol–water partition coefficient (Wildman–Crippen LogP) is 2.33. The van der Waals surface area contributed by atoms with Gasteiger partial charge in [0.1, 0.15) is 0 Å². The third kappa shape index (κ3) is 1.27. The van der Waals surface area contributed by atoms with Crippen molar-refractivity contribution in [3.05, 3.63) is 38.9 Å². The van der Waals surface area contributed by atoms with Gasteiger partial charge in [0, 0.05) is 15.5 Å². The van der Waals surface area contributed by atoms with Gasteiger partial charge in [-0.1, -0.05) is 0 Å². The summed E-state index contributed by atoms with van der Waals surface area (Å²) in [6, 6.07) is 4.19. The van der Waals surface area contributed by atoms with Gasteiger partial charge < -0.3 is 5.73 Å². The molecule has 2 nitrogen and oxygen atoms in total. The van der Waals surface area contributed by atoms with Crippen molar-refractivity contribution in [2.24, 2.45) is 0 Å². The lowest BCUT2D eigenvalue weighted by Crippen LogP contribution is -2.07. The van der Waals surface area contributed by atoms with Gasteiger partial charge in [-0.15, -0.1) is 11.3 Å². The molecule has 2 N–H and O–H groups in total. The molecule has 2 aromatic rings. The van der Waals surface area contributed by atoms with E-state index in [1.54, 1.807) is 16.7 Å². The zero-order valence-electron chi connectivity index (χ0n) is 8.25. The number of aryl methyl sites for hydroxylation is 2. The van der Waals surface area contributed by atoms with Crippen LogP contribution in [-0.2, 0) is 12.8 Å². The molecule has 0 radical (unpaired) electrons. The average molecular weight is 217 g/mol. The third-order valence-electron chi connectivity index (χ3n) is 3.01. The van der Waals surface area contributed by atoms with Gasteiger partial charge in [-0.05, 0) is 42.5 Å². The van der Waals surface area contributed by atoms with Crippen LogP contribution in [0.1, 0.15) is 17.5 Å². The number of anilines is 1. The van der Waals surface area contributed by atoms with E-state index < -0.39 is 0 Å². The summed E-state index contributed by atoms with van der Waals surface area (Å²) in [5.41, 5.74) is 8.72. The number of nitrogen functional groups attached to an aromatic ring is 1. The Bertz CT molecular complexity index is 600. The van der Waals surface area contributed by atoms with Gasteiger partial charge in [-0.3, -0.25) is 4.79 Å². The summed E-state index contributed by atoms with van der Waals surface area (Å²) < 4.78 is 1.06. The van der Waals surface area contributed by atoms with Gasteiger partial charge >= 0.3 is 0 Å². The summed E-state index contributed by atoms with van der Waals surface area (Å²) in [6.07, 6.45) is 3.46. The number of benzene rings is 1. The van der Waals surface area contributed by atoms with Crippen LogP contribution in [0.5, 0.6) is 0 Å². The van der Waals surface area contributed by atoms with Crippen molar-refractivity contribution in [3.63, 3.8) is 0 Å². The standard InChI is InChI=1S/C12H11NOS/c13-10-6-15-11-5-8-3-1-2-7(8)4-9(11)12(10)14/h4-6H,1-3,13H2. The molecule has 1 aromatic heterocycles. The van der Waals surface area contributed by atoms with Crippen LogP contribution in [0.2, 0.25) is 0 Å². The Kier molecular flexibility index (Phi) is 1.83. The smallest absolute Gasteiger partial charge is 0.210 e. The summed E-state index contributed by atoms with van der Waals surface area (Å²) in [5, 5.41) is 2.53. The van der Waals surface area contributed by atoms with E-state index in [0.717, 1.165) is 22.9 Å². The quantitative estimate of drug-likeness (QED) is 0.736. The van der Waals surface area contributed by atoms with Crippen LogP contribution in [0.15, 0.2) is 22.3 Å². The summed E-state index contributed by atoms with van der Waals surface area (Å²) >= 11 is 1.56. The lowest BCUT2D eigenvalue weighted by molar-refractivity contribution is 0.912. The number of hydrogen-bond acceptors (Lipinski definition) is 3. The van der Waals surface area contributed by atoms with Crippen LogP contribution in [0, 0.1) is 0 Å². The zero-order valence-corrected chi connectivity index (χ0v) is 9.06. The molecule has 0 spiro atoms. The molecule has 1 aliphatic rings. The Hall–Kier alpha value is -1.35. The SMILES string of the molecule is Nc1csc2cc3c(cc2c1=O)CCC3. The molecular formula is C12H11NOS. The minimum Gasteiger partial charge on any atom is -0.395 e. The molecule has 0 amide bonds. The first-order valence-corrected chi connectivity index (χ1v) is 5.96. The molecule has 0 unspecified atom stereocenters. The fraction of sp³-hybridized carbons (Fsp3) is 0.250. The van der Waals surface area contributed by atoms with E-state index in [1.165, 1.54) is 17.5 Å². The number of nitrogens with two attached hydrogens (primary N) is 1. The Morgan fingerprint density at radius 1 is 1.20 bits per heavy atom. The maximum atomic E-state index is 11.8. The maximum Gasteiger partial charge on any atom is 0.210 e. The minimum atomic E-state index is -0.0153. The first kappa shape index (κ1) is 8.92. The molecule has 1 aliphatic carbocycles. The highest BCUT2D eigenvalue weighted by Gasteiger charge is 2.13. The molecule has 0 bridgehead atoms. The van der Waals surface area contributed by atoms with E-state index in [-0.39, 0.29) is 5.43 Å². The second-order valence-electron chi connectivity index (χ2n) is 3.99. The molecule has 15 heavy (non-hydrogen) atoms. The average Bonchev–Trinajstić information content (AvgIpc) is 2.68. The van der Waals surface area contributed by atoms with Gasteiger partial charge in [0.15, 0.2) is 0 Å². The van der Waals surface area contributed by atoms with Gasteiger partial charge in [-0.2, -0.15) is 0 Å². The summed E-state index contributed by atoms with van der Waals surface area (Å²) in [5.74, 6) is 0. The normalized spacial score (nSPS) is 14.4. The van der Waals surface area contributed by atoms with Crippen LogP contribution in [0.25, 0.3) is 10.1 Å². The van der Waals surface area contributed by atoms with E-state index in [4.69, 9.17) is 5.73 Å². The highest BCUT2D eigenvalue weighted by molar-refractivity contribution is 7.16. The predicted molar refractivity (Wildman–Crippen MR) is 64.5 cm³/mol. The van der Waals surface area contributed by atoms with E-state index in [1.807, 2.05) is 6.07 Å². The molecule has 76 valence electrons. The number of fused-ring (bicyclic) bond motifs is 2. The first-order valence-electron chi connectivity index (χ1n) is 5.08. The van der Waals surface area contributed by atoms with E-state index in [9.17, 15) is 4.79 Å². The largest absolute Gasteiger partial charge is 0.395 e. The van der Waals surface area contributed by atoms with Crippen molar-refractivity contribution in [3.8, 4) is 0 Å². The third-order valence-corrected chi connectivity index (χ3v) is 3.98. The molecule has 0 fully saturated rings. The lowest BCUT2D eigenvalue weighted by Gasteiger charge is -2.02. The zero-order chi connectivity index (χ0) is 10.4. The highest BCUT2D eigenvalue weighted by Crippen LogP contribution is 2.28. The van der Waals surface area contributed by atoms with Crippen LogP contribution < -0.4 is 11.2 Å². The molecule has 3 heteroatoms. The van der Waals surface area contributed by atoms with Crippen molar-refractivity contribution in [2.75, 3.05) is 5.73 Å². The number of hydrogen-bond donors (Lipinski definition) is 1. The van der Waals surface area contributed by atoms with Crippen LogP contribution in [0.3, 0.4) is 0 Å². The molecular weight excluding hydrogens is 206 g/mol. The van der Waals surface area contributed by atoms with Crippen molar-refractivity contribution >= 4 is 27.1 Å². The highest BCUT2D eigenvalue weighted by atomic mass is 32.1. The molecule has 0 saturated carbocycles. The fourth-order valence-corrected chi connectivity index (χ4v) is 3.06. The van der Waals surface area contributed by atoms with Gasteiger partial charge in [0.05, 0.1) is 5.69 Å². The molecule has 1 aromatic carbocycles. The summed E-state index contributed by atoms with van der Waals surface area (Å²) in [7, 11) is 0. The van der Waals surface area contributed by atoms with Crippen LogP contribution in [-0.4, -0.2) is 0 Å². The Morgan fingerprint density at radius 3 is 2.73 bits per heavy atom. The van der Waals surface area contributed by atoms with Crippen molar-refractivity contribution in [1.29, 1.82) is 0 Å². The van der Waals surface area contributed by atoms with Gasteiger partial charge in [0.25, 0.3) is 0 Å². The number of rotatable bonds is 0. The minimum absolute atomic E-state index is 0.0153. The maximum absolute atomic E-state index is 11.8. The molecule has 0 aliphatic heterocycles. The lowest BCUT2D eigenvalue weighted by atomic mass is 10.1. The Balaban J connectivity index is 2.44. The second kappa shape index (κ2) is 3.07. The summed E-state index contributed by atoms with van der Waals surface area (Å²) in [4.78, 5) is 11.8. The van der Waals surface area contributed by atoms with Crippen LogP contribution >= 0.6 is 11.3 Å². The van der Waals surface area contributed by atoms with Crippen molar-refractivity contribution in [1.82, 2.24) is 0 Å². The van der Waals surface area contributed by atoms with Crippen molar-refractivity contribution < 1.29 is 0 Å². The Labute approximate surface area is 91.4 Å². The summed E-state index contributed by atoms with van der Waals surface area (Å²) in [6.45, 7) is 0. The molecule has 0 atom stereocenters. The monoisotopic (exact) mass is 217 g/mol. The van der Waals surface area contributed by atoms with E-state index in [0.29, 0.717) is 5.69 Å². The Morgan fingerprint density at radius 2 is 1.93 bits per heavy atom. The van der Waals surface area contributed by atoms with E-state index in [2.05, 4.69) is 6.07 Å². The topological polar surface area (TPSA) is 43.1 Å². The molecule has 1 heterocycles. The van der Waals surface area contributed by atoms with Crippen LogP contribution in [0.4, 0.5) is 5.69 Å². The first-order chi connectivity index (χ1) is 7.25. The second-order valence-corrected chi connectivity index (χ2v) is 4.90. The van der Waals surface area contributed by atoms with E-state index >= 15 is 0 Å². The van der Waals surface area contributed by atoms with Gasteiger partial charge in [0.2, 0.25) is 5.43 Å².